The fourth-order valence-electron chi connectivity index (χ4n) is 4.63. The van der Waals surface area contributed by atoms with Crippen LogP contribution >= 0.6 is 0 Å². The molecule has 4 rings (SSSR count). The number of carbonyl (C=O) groups excluding carboxylic acids is 2. The van der Waals surface area contributed by atoms with Crippen LogP contribution in [0.15, 0.2) is 48.5 Å². The Morgan fingerprint density at radius 2 is 1.90 bits per heavy atom. The van der Waals surface area contributed by atoms with E-state index in [4.69, 9.17) is 0 Å². The monoisotopic (exact) mass is 406 g/mol. The average molecular weight is 407 g/mol. The lowest BCUT2D eigenvalue weighted by Crippen LogP contribution is -2.56. The highest BCUT2D eigenvalue weighted by Gasteiger charge is 2.50. The number of likely N-dealkylation sites (tertiary alicyclic amines) is 1. The van der Waals surface area contributed by atoms with Gasteiger partial charge in [0.15, 0.2) is 0 Å². The molecule has 6 nitrogen and oxygen atoms in total. The second-order valence-electron chi connectivity index (χ2n) is 8.44. The highest BCUT2D eigenvalue weighted by Crippen LogP contribution is 2.32. The molecule has 0 radical (unpaired) electrons. The van der Waals surface area contributed by atoms with E-state index in [9.17, 15) is 9.59 Å². The summed E-state index contributed by atoms with van der Waals surface area (Å²) in [6.45, 7) is 8.38. The number of piperidine rings is 1. The van der Waals surface area contributed by atoms with Gasteiger partial charge in [-0.2, -0.15) is 0 Å². The topological polar surface area (TPSA) is 64.7 Å². The molecule has 0 saturated carbocycles. The Balaban J connectivity index is 1.59. The van der Waals surface area contributed by atoms with Gasteiger partial charge in [0, 0.05) is 18.8 Å². The van der Waals surface area contributed by atoms with E-state index in [1.165, 1.54) is 5.56 Å². The lowest BCUT2D eigenvalue weighted by atomic mass is 9.83. The van der Waals surface area contributed by atoms with E-state index >= 15 is 0 Å². The van der Waals surface area contributed by atoms with Crippen LogP contribution < -0.4 is 15.8 Å². The second kappa shape index (κ2) is 8.58. The molecule has 3 unspecified atom stereocenters. The third-order valence-electron chi connectivity index (χ3n) is 6.12. The second-order valence-corrected chi connectivity index (χ2v) is 8.44. The number of benzene rings is 2. The van der Waals surface area contributed by atoms with Crippen molar-refractivity contribution < 1.29 is 9.59 Å². The van der Waals surface area contributed by atoms with Crippen molar-refractivity contribution >= 4 is 23.2 Å². The molecule has 2 aliphatic rings. The zero-order valence-electron chi connectivity index (χ0n) is 17.9. The van der Waals surface area contributed by atoms with Gasteiger partial charge in [-0.05, 0) is 50.6 Å². The molecule has 2 aliphatic heterocycles. The fraction of sp³-hybridized carbons (Fsp3) is 0.417. The van der Waals surface area contributed by atoms with Gasteiger partial charge < -0.3 is 10.2 Å². The molecule has 2 aromatic rings. The summed E-state index contributed by atoms with van der Waals surface area (Å²) in [5.74, 6) is -0.543. The van der Waals surface area contributed by atoms with Crippen molar-refractivity contribution in [2.75, 3.05) is 30.0 Å². The normalized spacial score (nSPS) is 24.0. The molecular weight excluding hydrogens is 376 g/mol. The minimum Gasteiger partial charge on any atom is -0.326 e. The molecule has 0 aromatic heterocycles. The molecular formula is C24H30N4O2. The lowest BCUT2D eigenvalue weighted by molar-refractivity contribution is -0.126. The van der Waals surface area contributed by atoms with Crippen molar-refractivity contribution in [2.45, 2.75) is 33.2 Å². The molecule has 2 aromatic carbocycles. The first-order valence-corrected chi connectivity index (χ1v) is 10.7. The molecule has 0 bridgehead atoms. The van der Waals surface area contributed by atoms with Gasteiger partial charge in [-0.1, -0.05) is 42.8 Å². The van der Waals surface area contributed by atoms with E-state index in [1.54, 1.807) is 5.01 Å². The summed E-state index contributed by atoms with van der Waals surface area (Å²) in [6.07, 6.45) is 0.993. The number of nitrogens with one attached hydrogen (secondary N) is 2. The number of rotatable bonds is 5. The molecule has 6 heteroatoms. The van der Waals surface area contributed by atoms with E-state index in [-0.39, 0.29) is 29.7 Å². The number of aryl methyl sites for hydroxylation is 2. The van der Waals surface area contributed by atoms with E-state index in [0.29, 0.717) is 13.1 Å². The van der Waals surface area contributed by atoms with Gasteiger partial charge in [0.25, 0.3) is 0 Å². The number of hydrogen-bond donors (Lipinski definition) is 2. The van der Waals surface area contributed by atoms with Crippen LogP contribution in [0.2, 0.25) is 0 Å². The van der Waals surface area contributed by atoms with Gasteiger partial charge in [-0.3, -0.25) is 9.59 Å². The average Bonchev–Trinajstić information content (AvgIpc) is 3.07. The van der Waals surface area contributed by atoms with Crippen LogP contribution in [0.25, 0.3) is 0 Å². The smallest absolute Gasteiger partial charge is 0.247 e. The Labute approximate surface area is 178 Å². The molecule has 0 spiro atoms. The third kappa shape index (κ3) is 3.98. The number of nitrogens with zero attached hydrogens (tertiary/aromatic N) is 2. The van der Waals surface area contributed by atoms with Crippen LogP contribution in [-0.2, 0) is 9.59 Å². The van der Waals surface area contributed by atoms with Crippen molar-refractivity contribution in [3.63, 3.8) is 0 Å². The summed E-state index contributed by atoms with van der Waals surface area (Å²) in [5, 5.41) is 4.74. The molecule has 0 aliphatic carbocycles. The fourth-order valence-corrected chi connectivity index (χ4v) is 4.63. The Hall–Kier alpha value is -2.70. The van der Waals surface area contributed by atoms with Gasteiger partial charge in [-0.25, -0.2) is 10.4 Å². The summed E-state index contributed by atoms with van der Waals surface area (Å²) in [7, 11) is 0. The highest BCUT2D eigenvalue weighted by atomic mass is 16.2. The van der Waals surface area contributed by atoms with Crippen molar-refractivity contribution in [1.29, 1.82) is 0 Å². The van der Waals surface area contributed by atoms with Gasteiger partial charge >= 0.3 is 0 Å². The predicted molar refractivity (Wildman–Crippen MR) is 119 cm³/mol. The number of anilines is 2. The molecule has 2 amide bonds. The number of fused-ring (bicyclic) bond motifs is 1. The van der Waals surface area contributed by atoms with Crippen LogP contribution in [0.4, 0.5) is 11.4 Å². The number of hydrogen-bond acceptors (Lipinski definition) is 4. The first kappa shape index (κ1) is 20.6. The molecule has 158 valence electrons. The Morgan fingerprint density at radius 1 is 1.13 bits per heavy atom. The molecule has 2 saturated heterocycles. The standard InChI is InChI=1S/C24H30N4O2/c1-4-12-27-14-19(23(29)25-21-11-10-16(2)13-17(21)3)22-20(15-27)24(30)28(26-22)18-8-6-5-7-9-18/h5-11,13,19-20,22,26H,4,12,14-15H2,1-3H3,(H,25,29). The molecule has 2 heterocycles. The summed E-state index contributed by atoms with van der Waals surface area (Å²) in [6, 6.07) is 15.4. The van der Waals surface area contributed by atoms with Crippen molar-refractivity contribution in [3.05, 3.63) is 59.7 Å². The van der Waals surface area contributed by atoms with Crippen molar-refractivity contribution in [2.24, 2.45) is 11.8 Å². The quantitative estimate of drug-likeness (QED) is 0.801. The molecule has 2 N–H and O–H groups in total. The van der Waals surface area contributed by atoms with Crippen LogP contribution in [0.5, 0.6) is 0 Å². The first-order valence-electron chi connectivity index (χ1n) is 10.7. The van der Waals surface area contributed by atoms with Gasteiger partial charge in [0.05, 0.1) is 23.6 Å². The SMILES string of the molecule is CCCN1CC(C(=O)Nc2ccc(C)cc2C)C2NN(c3ccccc3)C(=O)C2C1. The summed E-state index contributed by atoms with van der Waals surface area (Å²) in [5.41, 5.74) is 7.21. The van der Waals surface area contributed by atoms with Gasteiger partial charge in [0.1, 0.15) is 0 Å². The third-order valence-corrected chi connectivity index (χ3v) is 6.12. The number of hydrazine groups is 1. The van der Waals surface area contributed by atoms with Crippen LogP contribution in [0.3, 0.4) is 0 Å². The largest absolute Gasteiger partial charge is 0.326 e. The Bertz CT molecular complexity index is 930. The maximum Gasteiger partial charge on any atom is 0.247 e. The number of carbonyl (C=O) groups is 2. The molecule has 3 atom stereocenters. The lowest BCUT2D eigenvalue weighted by Gasteiger charge is -2.38. The maximum atomic E-state index is 13.3. The summed E-state index contributed by atoms with van der Waals surface area (Å²) in [4.78, 5) is 28.8. The maximum absolute atomic E-state index is 13.3. The summed E-state index contributed by atoms with van der Waals surface area (Å²) < 4.78 is 0. The Kier molecular flexibility index (Phi) is 5.88. The van der Waals surface area contributed by atoms with Crippen LogP contribution in [0, 0.1) is 25.7 Å². The van der Waals surface area contributed by atoms with E-state index in [1.807, 2.05) is 56.3 Å². The predicted octanol–water partition coefficient (Wildman–Crippen LogP) is 3.12. The molecule has 30 heavy (non-hydrogen) atoms. The van der Waals surface area contributed by atoms with Crippen LogP contribution in [-0.4, -0.2) is 42.4 Å². The number of amides is 2. The van der Waals surface area contributed by atoms with Crippen molar-refractivity contribution in [1.82, 2.24) is 10.3 Å². The highest BCUT2D eigenvalue weighted by molar-refractivity contribution is 6.00. The van der Waals surface area contributed by atoms with Gasteiger partial charge in [0.2, 0.25) is 11.8 Å². The van der Waals surface area contributed by atoms with E-state index in [2.05, 4.69) is 28.6 Å². The summed E-state index contributed by atoms with van der Waals surface area (Å²) >= 11 is 0. The van der Waals surface area contributed by atoms with Crippen molar-refractivity contribution in [3.8, 4) is 0 Å². The zero-order valence-corrected chi connectivity index (χ0v) is 17.9. The van der Waals surface area contributed by atoms with E-state index in [0.717, 1.165) is 29.9 Å². The minimum absolute atomic E-state index is 0.0343. The van der Waals surface area contributed by atoms with Gasteiger partial charge in [-0.15, -0.1) is 0 Å². The van der Waals surface area contributed by atoms with Crippen LogP contribution in [0.1, 0.15) is 24.5 Å². The minimum atomic E-state index is -0.311. The number of para-hydroxylation sites is 1. The Morgan fingerprint density at radius 3 is 2.60 bits per heavy atom. The first-order chi connectivity index (χ1) is 14.5. The molecule has 2 fully saturated rings. The van der Waals surface area contributed by atoms with E-state index < -0.39 is 0 Å². The zero-order chi connectivity index (χ0) is 21.3.